The van der Waals surface area contributed by atoms with E-state index in [1.165, 1.54) is 0 Å². The van der Waals surface area contributed by atoms with Crippen LogP contribution >= 0.6 is 0 Å². The molecule has 19 heavy (non-hydrogen) atoms. The van der Waals surface area contributed by atoms with E-state index in [0.29, 0.717) is 24.6 Å². The maximum atomic E-state index is 12.7. The van der Waals surface area contributed by atoms with Gasteiger partial charge in [0, 0.05) is 6.04 Å². The lowest BCUT2D eigenvalue weighted by atomic mass is 9.96. The van der Waals surface area contributed by atoms with Gasteiger partial charge in [-0.3, -0.25) is 0 Å². The van der Waals surface area contributed by atoms with E-state index >= 15 is 0 Å². The number of alkyl halides is 6. The Balaban J connectivity index is 3.27. The Morgan fingerprint density at radius 3 is 2.05 bits per heavy atom. The van der Waals surface area contributed by atoms with Crippen LogP contribution in [0.25, 0.3) is 0 Å². The third-order valence-electron chi connectivity index (χ3n) is 2.74. The highest BCUT2D eigenvalue weighted by molar-refractivity contribution is 5.36. The minimum atomic E-state index is -4.69. The highest BCUT2D eigenvalue weighted by Crippen LogP contribution is 2.36. The van der Waals surface area contributed by atoms with Crippen molar-refractivity contribution in [2.24, 2.45) is 5.73 Å². The van der Waals surface area contributed by atoms with Crippen LogP contribution < -0.4 is 5.73 Å². The lowest BCUT2D eigenvalue weighted by Gasteiger charge is -2.17. The second kappa shape index (κ2) is 5.40. The van der Waals surface area contributed by atoms with Crippen molar-refractivity contribution in [2.45, 2.75) is 38.2 Å². The Bertz CT molecular complexity index is 435. The van der Waals surface area contributed by atoms with Gasteiger partial charge in [-0.2, -0.15) is 26.3 Å². The summed E-state index contributed by atoms with van der Waals surface area (Å²) in [5, 5.41) is 0. The molecule has 0 heterocycles. The van der Waals surface area contributed by atoms with Gasteiger partial charge in [-0.05, 0) is 36.6 Å². The van der Waals surface area contributed by atoms with Crippen LogP contribution in [-0.4, -0.2) is 6.04 Å². The Hall–Kier alpha value is -1.24. The molecule has 1 aromatic carbocycles. The van der Waals surface area contributed by atoms with Crippen molar-refractivity contribution in [1.82, 2.24) is 0 Å². The van der Waals surface area contributed by atoms with Gasteiger partial charge in [0.15, 0.2) is 0 Å². The molecule has 0 bridgehead atoms. The molecule has 7 heteroatoms. The maximum absolute atomic E-state index is 12.7. The molecule has 1 atom stereocenters. The minimum Gasteiger partial charge on any atom is -0.327 e. The largest absolute Gasteiger partial charge is 0.416 e. The standard InChI is InChI=1S/C12H13F6N/c1-2-9(19)6-7-5-8(11(13,14)15)3-4-10(7)12(16,17)18/h3-5,9H,2,6,19H2,1H3. The van der Waals surface area contributed by atoms with Crippen LogP contribution in [0.4, 0.5) is 26.3 Å². The summed E-state index contributed by atoms with van der Waals surface area (Å²) in [6.45, 7) is 1.66. The molecule has 0 aromatic heterocycles. The van der Waals surface area contributed by atoms with Crippen LogP contribution in [0.15, 0.2) is 18.2 Å². The average Bonchev–Trinajstić information content (AvgIpc) is 2.26. The molecule has 1 unspecified atom stereocenters. The number of hydrogen-bond acceptors (Lipinski definition) is 1. The third kappa shape index (κ3) is 4.12. The second-order valence-corrected chi connectivity index (χ2v) is 4.24. The van der Waals surface area contributed by atoms with Gasteiger partial charge in [0.2, 0.25) is 0 Å². The molecule has 1 aromatic rings. The quantitative estimate of drug-likeness (QED) is 0.834. The summed E-state index contributed by atoms with van der Waals surface area (Å²) < 4.78 is 75.6. The van der Waals surface area contributed by atoms with Crippen molar-refractivity contribution in [3.05, 3.63) is 34.9 Å². The van der Waals surface area contributed by atoms with Crippen molar-refractivity contribution in [3.63, 3.8) is 0 Å². The van der Waals surface area contributed by atoms with Gasteiger partial charge in [0.05, 0.1) is 11.1 Å². The Morgan fingerprint density at radius 2 is 1.63 bits per heavy atom. The number of nitrogens with two attached hydrogens (primary N) is 1. The predicted octanol–water partition coefficient (Wildman–Crippen LogP) is 4.00. The van der Waals surface area contributed by atoms with Crippen molar-refractivity contribution >= 4 is 0 Å². The van der Waals surface area contributed by atoms with E-state index in [0.717, 1.165) is 0 Å². The molecule has 108 valence electrons. The molecule has 0 radical (unpaired) electrons. The number of halogens is 6. The van der Waals surface area contributed by atoms with E-state index < -0.39 is 35.1 Å². The molecule has 0 saturated carbocycles. The first-order valence-electron chi connectivity index (χ1n) is 5.58. The fourth-order valence-electron chi connectivity index (χ4n) is 1.64. The van der Waals surface area contributed by atoms with E-state index in [-0.39, 0.29) is 6.42 Å². The molecule has 0 aliphatic heterocycles. The van der Waals surface area contributed by atoms with Crippen LogP contribution in [-0.2, 0) is 18.8 Å². The van der Waals surface area contributed by atoms with Crippen LogP contribution in [0.3, 0.4) is 0 Å². The summed E-state index contributed by atoms with van der Waals surface area (Å²) in [5.74, 6) is 0. The maximum Gasteiger partial charge on any atom is 0.416 e. The normalized spacial score (nSPS) is 14.5. The molecular formula is C12H13F6N. The van der Waals surface area contributed by atoms with Crippen molar-refractivity contribution in [1.29, 1.82) is 0 Å². The van der Waals surface area contributed by atoms with Gasteiger partial charge in [0.25, 0.3) is 0 Å². The molecule has 0 fully saturated rings. The lowest BCUT2D eigenvalue weighted by molar-refractivity contribution is -0.141. The van der Waals surface area contributed by atoms with E-state index in [2.05, 4.69) is 0 Å². The van der Waals surface area contributed by atoms with Crippen LogP contribution in [0.5, 0.6) is 0 Å². The number of benzene rings is 1. The molecule has 1 rings (SSSR count). The zero-order valence-electron chi connectivity index (χ0n) is 10.1. The van der Waals surface area contributed by atoms with Gasteiger partial charge in [-0.1, -0.05) is 6.92 Å². The van der Waals surface area contributed by atoms with Crippen LogP contribution in [0.2, 0.25) is 0 Å². The molecule has 0 amide bonds. The van der Waals surface area contributed by atoms with E-state index in [1.807, 2.05) is 0 Å². The fourth-order valence-corrected chi connectivity index (χ4v) is 1.64. The van der Waals surface area contributed by atoms with E-state index in [4.69, 9.17) is 5.73 Å². The summed E-state index contributed by atoms with van der Waals surface area (Å²) >= 11 is 0. The number of rotatable bonds is 3. The highest BCUT2D eigenvalue weighted by Gasteiger charge is 2.37. The van der Waals surface area contributed by atoms with Gasteiger partial charge < -0.3 is 5.73 Å². The minimum absolute atomic E-state index is 0.241. The number of hydrogen-bond donors (Lipinski definition) is 1. The van der Waals surface area contributed by atoms with Crippen LogP contribution in [0, 0.1) is 0 Å². The summed E-state index contributed by atoms with van der Waals surface area (Å²) in [6.07, 6.45) is -9.22. The van der Waals surface area contributed by atoms with Gasteiger partial charge >= 0.3 is 12.4 Å². The molecule has 2 N–H and O–H groups in total. The molecule has 0 saturated heterocycles. The third-order valence-corrected chi connectivity index (χ3v) is 2.74. The van der Waals surface area contributed by atoms with E-state index in [9.17, 15) is 26.3 Å². The highest BCUT2D eigenvalue weighted by atomic mass is 19.4. The van der Waals surface area contributed by atoms with Gasteiger partial charge in [-0.25, -0.2) is 0 Å². The summed E-state index contributed by atoms with van der Waals surface area (Å²) in [7, 11) is 0. The Morgan fingerprint density at radius 1 is 1.05 bits per heavy atom. The van der Waals surface area contributed by atoms with Crippen LogP contribution in [0.1, 0.15) is 30.0 Å². The Kier molecular flexibility index (Phi) is 4.50. The first-order valence-corrected chi connectivity index (χ1v) is 5.58. The second-order valence-electron chi connectivity index (χ2n) is 4.24. The first-order chi connectivity index (χ1) is 8.55. The van der Waals surface area contributed by atoms with Crippen molar-refractivity contribution in [2.75, 3.05) is 0 Å². The molecular weight excluding hydrogens is 272 g/mol. The Labute approximate surface area is 106 Å². The molecule has 1 nitrogen and oxygen atoms in total. The summed E-state index contributed by atoms with van der Waals surface area (Å²) in [4.78, 5) is 0. The van der Waals surface area contributed by atoms with Gasteiger partial charge in [-0.15, -0.1) is 0 Å². The predicted molar refractivity (Wildman–Crippen MR) is 58.4 cm³/mol. The molecule has 0 aliphatic rings. The van der Waals surface area contributed by atoms with Crippen molar-refractivity contribution in [3.8, 4) is 0 Å². The summed E-state index contributed by atoms with van der Waals surface area (Å²) in [6, 6.07) is 0.812. The zero-order chi connectivity index (χ0) is 14.8. The molecule has 0 aliphatic carbocycles. The van der Waals surface area contributed by atoms with Gasteiger partial charge in [0.1, 0.15) is 0 Å². The fraction of sp³-hybridized carbons (Fsp3) is 0.500. The monoisotopic (exact) mass is 285 g/mol. The summed E-state index contributed by atoms with van der Waals surface area (Å²) in [5.41, 5.74) is 2.94. The van der Waals surface area contributed by atoms with E-state index in [1.54, 1.807) is 6.92 Å². The molecule has 0 spiro atoms. The smallest absolute Gasteiger partial charge is 0.327 e. The lowest BCUT2D eigenvalue weighted by Crippen LogP contribution is -2.24. The average molecular weight is 285 g/mol. The SMILES string of the molecule is CCC(N)Cc1cc(C(F)(F)F)ccc1C(F)(F)F. The first kappa shape index (κ1) is 15.8. The topological polar surface area (TPSA) is 26.0 Å². The van der Waals surface area contributed by atoms with Crippen molar-refractivity contribution < 1.29 is 26.3 Å². The zero-order valence-corrected chi connectivity index (χ0v) is 10.1.